The van der Waals surface area contributed by atoms with Crippen molar-refractivity contribution in [2.24, 2.45) is 5.73 Å². The molecule has 22 heavy (non-hydrogen) atoms. The first kappa shape index (κ1) is 15.7. The Labute approximate surface area is 143 Å². The Morgan fingerprint density at radius 1 is 1.45 bits per heavy atom. The Bertz CT molecular complexity index is 778. The topological polar surface area (TPSA) is 50.9 Å². The number of nitrogens with zero attached hydrogens (tertiary/aromatic N) is 1. The van der Waals surface area contributed by atoms with Gasteiger partial charge in [0.1, 0.15) is 5.15 Å². The highest BCUT2D eigenvalue weighted by atomic mass is 35.5. The van der Waals surface area contributed by atoms with Gasteiger partial charge in [0, 0.05) is 28.4 Å². The van der Waals surface area contributed by atoms with E-state index in [0.29, 0.717) is 5.15 Å². The molecule has 0 aliphatic heterocycles. The Morgan fingerprint density at radius 3 is 2.95 bits per heavy atom. The van der Waals surface area contributed by atoms with Crippen molar-refractivity contribution >= 4 is 50.2 Å². The summed E-state index contributed by atoms with van der Waals surface area (Å²) in [7, 11) is 0. The van der Waals surface area contributed by atoms with Crippen LogP contribution < -0.4 is 11.1 Å². The minimum absolute atomic E-state index is 0.143. The van der Waals surface area contributed by atoms with E-state index in [1.807, 2.05) is 13.0 Å². The summed E-state index contributed by atoms with van der Waals surface area (Å²) in [6, 6.07) is 6.24. The van der Waals surface area contributed by atoms with Gasteiger partial charge in [0.05, 0.1) is 15.9 Å². The third-order valence-electron chi connectivity index (χ3n) is 3.48. The van der Waals surface area contributed by atoms with Crippen LogP contribution in [0.2, 0.25) is 5.15 Å². The van der Waals surface area contributed by atoms with Crippen molar-refractivity contribution in [2.45, 2.75) is 32.9 Å². The Kier molecular flexibility index (Phi) is 4.68. The van der Waals surface area contributed by atoms with Gasteiger partial charge >= 0.3 is 0 Å². The van der Waals surface area contributed by atoms with Crippen LogP contribution >= 0.6 is 34.3 Å². The summed E-state index contributed by atoms with van der Waals surface area (Å²) in [6.07, 6.45) is 0.870. The number of nitrogens with one attached hydrogen (secondary N) is 1. The van der Waals surface area contributed by atoms with Crippen molar-refractivity contribution in [3.8, 4) is 0 Å². The molecule has 0 spiro atoms. The average Bonchev–Trinajstić information content (AvgIpc) is 3.07. The second-order valence-corrected chi connectivity index (χ2v) is 7.96. The summed E-state index contributed by atoms with van der Waals surface area (Å²) in [4.78, 5) is 7.09. The summed E-state index contributed by atoms with van der Waals surface area (Å²) >= 11 is 9.71. The maximum atomic E-state index is 6.20. The van der Waals surface area contributed by atoms with Crippen molar-refractivity contribution in [1.82, 2.24) is 4.98 Å². The molecule has 0 aromatic carbocycles. The zero-order valence-electron chi connectivity index (χ0n) is 12.5. The fourth-order valence-electron chi connectivity index (χ4n) is 2.41. The molecule has 0 unspecified atom stereocenters. The number of halogens is 1. The van der Waals surface area contributed by atoms with Gasteiger partial charge in [0.25, 0.3) is 0 Å². The van der Waals surface area contributed by atoms with Gasteiger partial charge in [-0.25, -0.2) is 4.98 Å². The standard InChI is InChI=1S/C16H18ClN3S2/c1-9(18)6-13-10(2)15-16(22-13)12(7-14(17)20-15)19-8-11-4-3-5-21-11/h3-5,7,9H,6,8,18H2,1-2H3,(H,19,20)/t9-/m0/s1. The number of aromatic nitrogens is 1. The average molecular weight is 352 g/mol. The van der Waals surface area contributed by atoms with Crippen LogP contribution in [0.5, 0.6) is 0 Å². The van der Waals surface area contributed by atoms with Gasteiger partial charge in [-0.1, -0.05) is 17.7 Å². The number of aryl methyl sites for hydroxylation is 1. The number of hydrogen-bond donors (Lipinski definition) is 2. The molecule has 3 N–H and O–H groups in total. The van der Waals surface area contributed by atoms with E-state index in [1.165, 1.54) is 15.3 Å². The van der Waals surface area contributed by atoms with Gasteiger partial charge < -0.3 is 11.1 Å². The lowest BCUT2D eigenvalue weighted by atomic mass is 10.1. The van der Waals surface area contributed by atoms with Gasteiger partial charge in [0.15, 0.2) is 0 Å². The minimum Gasteiger partial charge on any atom is -0.379 e. The van der Waals surface area contributed by atoms with E-state index >= 15 is 0 Å². The molecule has 3 heterocycles. The predicted octanol–water partition coefficient (Wildman–Crippen LogP) is 4.82. The molecule has 0 radical (unpaired) electrons. The zero-order valence-corrected chi connectivity index (χ0v) is 14.9. The van der Waals surface area contributed by atoms with E-state index in [-0.39, 0.29) is 6.04 Å². The summed E-state index contributed by atoms with van der Waals surface area (Å²) in [5, 5.41) is 6.10. The molecule has 0 bridgehead atoms. The molecular weight excluding hydrogens is 334 g/mol. The van der Waals surface area contributed by atoms with Gasteiger partial charge in [-0.15, -0.1) is 22.7 Å². The fourth-order valence-corrected chi connectivity index (χ4v) is 4.62. The largest absolute Gasteiger partial charge is 0.379 e. The lowest BCUT2D eigenvalue weighted by Gasteiger charge is -2.06. The molecule has 3 rings (SSSR count). The number of rotatable bonds is 5. The molecular formula is C16H18ClN3S2. The highest BCUT2D eigenvalue weighted by Gasteiger charge is 2.15. The molecule has 0 saturated heterocycles. The maximum Gasteiger partial charge on any atom is 0.131 e. The van der Waals surface area contributed by atoms with Crippen molar-refractivity contribution in [1.29, 1.82) is 0 Å². The summed E-state index contributed by atoms with van der Waals surface area (Å²) in [6.45, 7) is 4.93. The van der Waals surface area contributed by atoms with Crippen LogP contribution in [0.25, 0.3) is 10.2 Å². The molecule has 0 fully saturated rings. The molecule has 1 atom stereocenters. The number of anilines is 1. The molecule has 0 aliphatic carbocycles. The van der Waals surface area contributed by atoms with Gasteiger partial charge in [-0.2, -0.15) is 0 Å². The molecule has 3 aromatic rings. The van der Waals surface area contributed by atoms with E-state index in [4.69, 9.17) is 17.3 Å². The second-order valence-electron chi connectivity index (χ2n) is 5.43. The van der Waals surface area contributed by atoms with Crippen molar-refractivity contribution in [3.63, 3.8) is 0 Å². The van der Waals surface area contributed by atoms with E-state index in [9.17, 15) is 0 Å². The number of fused-ring (bicyclic) bond motifs is 1. The maximum absolute atomic E-state index is 6.20. The van der Waals surface area contributed by atoms with Crippen LogP contribution in [0.3, 0.4) is 0 Å². The van der Waals surface area contributed by atoms with Crippen molar-refractivity contribution < 1.29 is 0 Å². The molecule has 0 aliphatic rings. The van der Waals surface area contributed by atoms with Gasteiger partial charge in [-0.3, -0.25) is 0 Å². The van der Waals surface area contributed by atoms with Crippen LogP contribution in [0.15, 0.2) is 23.6 Å². The molecule has 0 saturated carbocycles. The molecule has 0 amide bonds. The Hall–Kier alpha value is -1.14. The zero-order chi connectivity index (χ0) is 15.7. The molecule has 116 valence electrons. The highest BCUT2D eigenvalue weighted by molar-refractivity contribution is 7.19. The quantitative estimate of drug-likeness (QED) is 0.648. The summed E-state index contributed by atoms with van der Waals surface area (Å²) < 4.78 is 1.16. The first-order chi connectivity index (χ1) is 10.5. The Morgan fingerprint density at radius 2 is 2.27 bits per heavy atom. The number of pyridine rings is 1. The normalized spacial score (nSPS) is 12.7. The van der Waals surface area contributed by atoms with Crippen LogP contribution in [-0.2, 0) is 13.0 Å². The van der Waals surface area contributed by atoms with E-state index < -0.39 is 0 Å². The molecule has 6 heteroatoms. The van der Waals surface area contributed by atoms with Crippen LogP contribution in [0, 0.1) is 6.92 Å². The summed E-state index contributed by atoms with van der Waals surface area (Å²) in [5.74, 6) is 0. The van der Waals surface area contributed by atoms with Gasteiger partial charge in [-0.05, 0) is 37.3 Å². The number of hydrogen-bond acceptors (Lipinski definition) is 5. The highest BCUT2D eigenvalue weighted by Crippen LogP contribution is 2.37. The second kappa shape index (κ2) is 6.54. The first-order valence-corrected chi connectivity index (χ1v) is 9.22. The Balaban J connectivity index is 1.98. The van der Waals surface area contributed by atoms with Crippen LogP contribution in [0.1, 0.15) is 22.2 Å². The predicted molar refractivity (Wildman–Crippen MR) is 98.4 cm³/mol. The third-order valence-corrected chi connectivity index (χ3v) is 5.89. The first-order valence-electron chi connectivity index (χ1n) is 7.15. The molecule has 3 aromatic heterocycles. The van der Waals surface area contributed by atoms with Gasteiger partial charge in [0.2, 0.25) is 0 Å². The van der Waals surface area contributed by atoms with E-state index in [0.717, 1.165) is 28.9 Å². The van der Waals surface area contributed by atoms with E-state index in [2.05, 4.69) is 34.7 Å². The minimum atomic E-state index is 0.143. The van der Waals surface area contributed by atoms with Crippen LogP contribution in [-0.4, -0.2) is 11.0 Å². The number of thiophene rings is 2. The van der Waals surface area contributed by atoms with Crippen molar-refractivity contribution in [3.05, 3.63) is 44.1 Å². The lowest BCUT2D eigenvalue weighted by molar-refractivity contribution is 0.744. The monoisotopic (exact) mass is 351 g/mol. The SMILES string of the molecule is Cc1c(C[C@H](C)N)sc2c(NCc3cccs3)cc(Cl)nc12. The third kappa shape index (κ3) is 3.27. The smallest absolute Gasteiger partial charge is 0.131 e. The van der Waals surface area contributed by atoms with Crippen molar-refractivity contribution in [2.75, 3.05) is 5.32 Å². The fraction of sp³-hybridized carbons (Fsp3) is 0.312. The van der Waals surface area contributed by atoms with E-state index in [1.54, 1.807) is 22.7 Å². The number of nitrogens with two attached hydrogens (primary N) is 1. The van der Waals surface area contributed by atoms with Crippen LogP contribution in [0.4, 0.5) is 5.69 Å². The lowest BCUT2D eigenvalue weighted by Crippen LogP contribution is -2.17. The molecule has 3 nitrogen and oxygen atoms in total. The summed E-state index contributed by atoms with van der Waals surface area (Å²) in [5.41, 5.74) is 9.18.